The smallest absolute Gasteiger partial charge is 0.267 e. The molecule has 5 nitrogen and oxygen atoms in total. The van der Waals surface area contributed by atoms with Gasteiger partial charge in [-0.3, -0.25) is 14.2 Å². The standard InChI is InChI=1S/C20H22FN3O2S2/c1-4-5-10-22-16(25)11-27-20-23-18-17(12(2)13(3)28-18)19(26)24(20)15-8-6-14(21)7-9-15/h6-9H,4-5,10-11H2,1-3H3,(H,22,25). The van der Waals surface area contributed by atoms with E-state index < -0.39 is 0 Å². The number of amides is 1. The summed E-state index contributed by atoms with van der Waals surface area (Å²) in [7, 11) is 0. The van der Waals surface area contributed by atoms with Crippen LogP contribution < -0.4 is 10.9 Å². The molecule has 0 bridgehead atoms. The van der Waals surface area contributed by atoms with Gasteiger partial charge in [0, 0.05) is 11.4 Å². The van der Waals surface area contributed by atoms with E-state index in [0.717, 1.165) is 23.3 Å². The summed E-state index contributed by atoms with van der Waals surface area (Å²) in [4.78, 5) is 31.7. The highest BCUT2D eigenvalue weighted by Crippen LogP contribution is 2.29. The molecule has 0 aliphatic rings. The third kappa shape index (κ3) is 4.28. The predicted molar refractivity (Wildman–Crippen MR) is 113 cm³/mol. The fourth-order valence-electron chi connectivity index (χ4n) is 2.78. The number of rotatable bonds is 7. The summed E-state index contributed by atoms with van der Waals surface area (Å²) in [5.41, 5.74) is 1.23. The van der Waals surface area contributed by atoms with Crippen molar-refractivity contribution >= 4 is 39.2 Å². The molecule has 3 rings (SSSR count). The number of nitrogens with zero attached hydrogens (tertiary/aromatic N) is 2. The fourth-order valence-corrected chi connectivity index (χ4v) is 4.69. The Labute approximate surface area is 171 Å². The van der Waals surface area contributed by atoms with Crippen molar-refractivity contribution in [1.29, 1.82) is 0 Å². The first-order chi connectivity index (χ1) is 13.4. The van der Waals surface area contributed by atoms with Crippen LogP contribution in [0.5, 0.6) is 0 Å². The van der Waals surface area contributed by atoms with E-state index in [0.29, 0.717) is 27.6 Å². The number of nitrogens with one attached hydrogen (secondary N) is 1. The van der Waals surface area contributed by atoms with E-state index in [1.807, 2.05) is 13.8 Å². The van der Waals surface area contributed by atoms with Crippen LogP contribution in [0.4, 0.5) is 4.39 Å². The fraction of sp³-hybridized carbons (Fsp3) is 0.350. The van der Waals surface area contributed by atoms with Gasteiger partial charge in [-0.1, -0.05) is 25.1 Å². The lowest BCUT2D eigenvalue weighted by Crippen LogP contribution is -2.27. The van der Waals surface area contributed by atoms with Gasteiger partial charge in [-0.05, 0) is 50.1 Å². The van der Waals surface area contributed by atoms with Gasteiger partial charge in [0.2, 0.25) is 5.91 Å². The molecule has 28 heavy (non-hydrogen) atoms. The Balaban J connectivity index is 2.02. The lowest BCUT2D eigenvalue weighted by atomic mass is 10.2. The van der Waals surface area contributed by atoms with Gasteiger partial charge < -0.3 is 5.32 Å². The summed E-state index contributed by atoms with van der Waals surface area (Å²) in [5, 5.41) is 3.86. The number of unbranched alkanes of at least 4 members (excludes halogenated alkanes) is 1. The molecule has 2 heterocycles. The van der Waals surface area contributed by atoms with Gasteiger partial charge in [0.25, 0.3) is 5.56 Å². The molecule has 3 aromatic rings. The number of thioether (sulfide) groups is 1. The number of aryl methyl sites for hydroxylation is 2. The van der Waals surface area contributed by atoms with Crippen molar-refractivity contribution in [2.75, 3.05) is 12.3 Å². The van der Waals surface area contributed by atoms with Gasteiger partial charge in [-0.25, -0.2) is 9.37 Å². The van der Waals surface area contributed by atoms with E-state index in [1.54, 1.807) is 12.1 Å². The highest BCUT2D eigenvalue weighted by molar-refractivity contribution is 7.99. The van der Waals surface area contributed by atoms with Crippen LogP contribution in [0.15, 0.2) is 34.2 Å². The first kappa shape index (κ1) is 20.5. The Bertz CT molecular complexity index is 1060. The van der Waals surface area contributed by atoms with E-state index in [4.69, 9.17) is 0 Å². The molecule has 1 N–H and O–H groups in total. The van der Waals surface area contributed by atoms with Crippen LogP contribution in [0.3, 0.4) is 0 Å². The summed E-state index contributed by atoms with van der Waals surface area (Å²) < 4.78 is 14.8. The second-order valence-corrected chi connectivity index (χ2v) is 8.61. The minimum absolute atomic E-state index is 0.100. The Morgan fingerprint density at radius 1 is 1.29 bits per heavy atom. The number of fused-ring (bicyclic) bond motifs is 1. The van der Waals surface area contributed by atoms with Gasteiger partial charge >= 0.3 is 0 Å². The molecule has 0 atom stereocenters. The summed E-state index contributed by atoms with van der Waals surface area (Å²) in [6.07, 6.45) is 1.93. The van der Waals surface area contributed by atoms with Gasteiger partial charge in [0.05, 0.1) is 16.8 Å². The average molecular weight is 420 g/mol. The molecule has 0 aliphatic heterocycles. The first-order valence-electron chi connectivity index (χ1n) is 9.10. The maximum absolute atomic E-state index is 13.4. The van der Waals surface area contributed by atoms with Crippen LogP contribution in [-0.2, 0) is 4.79 Å². The molecule has 1 aromatic carbocycles. The monoisotopic (exact) mass is 419 g/mol. The lowest BCUT2D eigenvalue weighted by Gasteiger charge is -2.12. The van der Waals surface area contributed by atoms with Crippen molar-refractivity contribution in [3.05, 3.63) is 50.9 Å². The van der Waals surface area contributed by atoms with Gasteiger partial charge in [0.1, 0.15) is 10.6 Å². The van der Waals surface area contributed by atoms with E-state index in [2.05, 4.69) is 17.2 Å². The van der Waals surface area contributed by atoms with E-state index in [-0.39, 0.29) is 23.0 Å². The summed E-state index contributed by atoms with van der Waals surface area (Å²) in [5.74, 6) is -0.318. The van der Waals surface area contributed by atoms with E-state index in [9.17, 15) is 14.0 Å². The SMILES string of the molecule is CCCCNC(=O)CSc1nc2sc(C)c(C)c2c(=O)n1-c1ccc(F)cc1. The normalized spacial score (nSPS) is 11.1. The predicted octanol–water partition coefficient (Wildman–Crippen LogP) is 4.21. The van der Waals surface area contributed by atoms with Crippen LogP contribution >= 0.6 is 23.1 Å². The number of hydrogen-bond acceptors (Lipinski definition) is 5. The van der Waals surface area contributed by atoms with Crippen LogP contribution in [0, 0.1) is 19.7 Å². The van der Waals surface area contributed by atoms with Crippen molar-refractivity contribution in [2.45, 2.75) is 38.8 Å². The number of halogens is 1. The molecule has 0 saturated carbocycles. The van der Waals surface area contributed by atoms with Crippen molar-refractivity contribution in [3.8, 4) is 5.69 Å². The van der Waals surface area contributed by atoms with E-state index >= 15 is 0 Å². The zero-order valence-corrected chi connectivity index (χ0v) is 17.7. The van der Waals surface area contributed by atoms with Gasteiger partial charge in [-0.2, -0.15) is 0 Å². The Morgan fingerprint density at radius 2 is 2.00 bits per heavy atom. The second kappa shape index (κ2) is 8.87. The molecule has 0 spiro atoms. The maximum atomic E-state index is 13.4. The largest absolute Gasteiger partial charge is 0.355 e. The molecule has 8 heteroatoms. The van der Waals surface area contributed by atoms with Gasteiger partial charge in [0.15, 0.2) is 5.16 Å². The third-order valence-corrected chi connectivity index (χ3v) is 6.48. The molecular weight excluding hydrogens is 397 g/mol. The summed E-state index contributed by atoms with van der Waals surface area (Å²) in [6, 6.07) is 5.71. The highest BCUT2D eigenvalue weighted by Gasteiger charge is 2.18. The van der Waals surface area contributed by atoms with Crippen molar-refractivity contribution < 1.29 is 9.18 Å². The quantitative estimate of drug-likeness (QED) is 0.354. The van der Waals surface area contributed by atoms with Crippen LogP contribution in [0.25, 0.3) is 15.9 Å². The number of benzene rings is 1. The third-order valence-electron chi connectivity index (χ3n) is 4.44. The molecule has 148 valence electrons. The van der Waals surface area contributed by atoms with E-state index in [1.165, 1.54) is 39.8 Å². The number of carbonyl (C=O) groups is 1. The molecule has 0 saturated heterocycles. The highest BCUT2D eigenvalue weighted by atomic mass is 32.2. The van der Waals surface area contributed by atoms with Crippen LogP contribution in [0.2, 0.25) is 0 Å². The second-order valence-electron chi connectivity index (χ2n) is 6.47. The summed E-state index contributed by atoms with van der Waals surface area (Å²) in [6.45, 7) is 6.56. The number of aromatic nitrogens is 2. The number of hydrogen-bond donors (Lipinski definition) is 1. The Kier molecular flexibility index (Phi) is 6.51. The minimum atomic E-state index is -0.377. The molecule has 2 aromatic heterocycles. The lowest BCUT2D eigenvalue weighted by molar-refractivity contribution is -0.118. The maximum Gasteiger partial charge on any atom is 0.267 e. The first-order valence-corrected chi connectivity index (χ1v) is 10.9. The number of carbonyl (C=O) groups excluding carboxylic acids is 1. The Morgan fingerprint density at radius 3 is 2.68 bits per heavy atom. The van der Waals surface area contributed by atoms with Crippen molar-refractivity contribution in [1.82, 2.24) is 14.9 Å². The van der Waals surface area contributed by atoms with Crippen LogP contribution in [0.1, 0.15) is 30.2 Å². The average Bonchev–Trinajstić information content (AvgIpc) is 2.95. The van der Waals surface area contributed by atoms with Crippen molar-refractivity contribution in [3.63, 3.8) is 0 Å². The molecule has 0 unspecified atom stereocenters. The molecule has 0 fully saturated rings. The molecule has 0 aliphatic carbocycles. The topological polar surface area (TPSA) is 64.0 Å². The van der Waals surface area contributed by atoms with Crippen LogP contribution in [-0.4, -0.2) is 27.8 Å². The van der Waals surface area contributed by atoms with Crippen molar-refractivity contribution in [2.24, 2.45) is 0 Å². The van der Waals surface area contributed by atoms with Gasteiger partial charge in [-0.15, -0.1) is 11.3 Å². The molecular formula is C20H22FN3O2S2. The Hall–Kier alpha value is -2.19. The summed E-state index contributed by atoms with van der Waals surface area (Å²) >= 11 is 2.68. The number of thiophene rings is 1. The molecule has 1 amide bonds. The zero-order valence-electron chi connectivity index (χ0n) is 16.0. The zero-order chi connectivity index (χ0) is 20.3. The molecule has 0 radical (unpaired) electrons. The minimum Gasteiger partial charge on any atom is -0.355 e.